The second kappa shape index (κ2) is 5.53. The summed E-state index contributed by atoms with van der Waals surface area (Å²) in [5, 5.41) is 3.82. The molecule has 0 aromatic carbocycles. The van der Waals surface area contributed by atoms with E-state index in [0.29, 0.717) is 0 Å². The smallest absolute Gasteiger partial charge is 0.00699 e. The molecule has 0 amide bonds. The third-order valence-electron chi connectivity index (χ3n) is 4.87. The quantitative estimate of drug-likeness (QED) is 0.747. The largest absolute Gasteiger partial charge is 0.314 e. The first-order chi connectivity index (χ1) is 7.66. The molecule has 16 heavy (non-hydrogen) atoms. The standard InChI is InChI=1S/C15H29N/c1-11(2)12(3)10-16-15-6-4-5-14(9-15)13-7-8-13/h11-16H,4-10H2,1-3H3. The van der Waals surface area contributed by atoms with Crippen LogP contribution >= 0.6 is 0 Å². The Kier molecular flexibility index (Phi) is 4.29. The van der Waals surface area contributed by atoms with E-state index in [1.54, 1.807) is 0 Å². The van der Waals surface area contributed by atoms with Crippen LogP contribution in [0.1, 0.15) is 59.3 Å². The SMILES string of the molecule is CC(C)C(C)CNC1CCCC(C2CC2)C1. The Bertz CT molecular complexity index is 207. The van der Waals surface area contributed by atoms with Crippen molar-refractivity contribution in [3.05, 3.63) is 0 Å². The molecule has 2 saturated carbocycles. The molecule has 0 aromatic heterocycles. The summed E-state index contributed by atoms with van der Waals surface area (Å²) in [5.74, 6) is 3.82. The van der Waals surface area contributed by atoms with Gasteiger partial charge >= 0.3 is 0 Å². The molecule has 1 heteroatoms. The maximum Gasteiger partial charge on any atom is 0.00699 e. The van der Waals surface area contributed by atoms with Crippen molar-refractivity contribution in [1.82, 2.24) is 5.32 Å². The molecule has 0 saturated heterocycles. The molecule has 0 heterocycles. The topological polar surface area (TPSA) is 12.0 Å². The van der Waals surface area contributed by atoms with Gasteiger partial charge in [0.05, 0.1) is 0 Å². The highest BCUT2D eigenvalue weighted by Crippen LogP contribution is 2.43. The molecule has 0 aliphatic heterocycles. The zero-order valence-corrected chi connectivity index (χ0v) is 11.3. The van der Waals surface area contributed by atoms with Crippen LogP contribution in [0.3, 0.4) is 0 Å². The fourth-order valence-electron chi connectivity index (χ4n) is 3.00. The Labute approximate surface area is 101 Å². The van der Waals surface area contributed by atoms with Gasteiger partial charge in [0, 0.05) is 6.04 Å². The number of hydrogen-bond acceptors (Lipinski definition) is 1. The van der Waals surface area contributed by atoms with Crippen LogP contribution < -0.4 is 5.32 Å². The third-order valence-corrected chi connectivity index (χ3v) is 4.87. The van der Waals surface area contributed by atoms with Crippen LogP contribution in [0.5, 0.6) is 0 Å². The predicted molar refractivity (Wildman–Crippen MR) is 70.5 cm³/mol. The van der Waals surface area contributed by atoms with Gasteiger partial charge in [-0.05, 0) is 55.9 Å². The van der Waals surface area contributed by atoms with Crippen molar-refractivity contribution in [2.75, 3.05) is 6.54 Å². The van der Waals surface area contributed by atoms with Crippen LogP contribution in [0.2, 0.25) is 0 Å². The molecule has 1 nitrogen and oxygen atoms in total. The summed E-state index contributed by atoms with van der Waals surface area (Å²) < 4.78 is 0. The van der Waals surface area contributed by atoms with E-state index in [-0.39, 0.29) is 0 Å². The molecule has 94 valence electrons. The van der Waals surface area contributed by atoms with Gasteiger partial charge in [-0.3, -0.25) is 0 Å². The lowest BCUT2D eigenvalue weighted by Crippen LogP contribution is -2.38. The summed E-state index contributed by atoms with van der Waals surface area (Å²) >= 11 is 0. The highest BCUT2D eigenvalue weighted by molar-refractivity contribution is 4.88. The van der Waals surface area contributed by atoms with Gasteiger partial charge in [-0.15, -0.1) is 0 Å². The molecule has 2 fully saturated rings. The average molecular weight is 223 g/mol. The number of rotatable bonds is 5. The summed E-state index contributed by atoms with van der Waals surface area (Å²) in [6.07, 6.45) is 8.93. The van der Waals surface area contributed by atoms with E-state index >= 15 is 0 Å². The molecule has 0 radical (unpaired) electrons. The van der Waals surface area contributed by atoms with Crippen molar-refractivity contribution < 1.29 is 0 Å². The average Bonchev–Trinajstić information content (AvgIpc) is 3.10. The van der Waals surface area contributed by atoms with E-state index < -0.39 is 0 Å². The van der Waals surface area contributed by atoms with Gasteiger partial charge in [0.2, 0.25) is 0 Å². The molecular formula is C15H29N. The molecule has 0 spiro atoms. The highest BCUT2D eigenvalue weighted by Gasteiger charge is 2.34. The van der Waals surface area contributed by atoms with Gasteiger partial charge in [0.1, 0.15) is 0 Å². The molecule has 0 bridgehead atoms. The second-order valence-electron chi connectivity index (χ2n) is 6.59. The van der Waals surface area contributed by atoms with Gasteiger partial charge in [0.25, 0.3) is 0 Å². The Morgan fingerprint density at radius 2 is 1.75 bits per heavy atom. The van der Waals surface area contributed by atoms with Crippen molar-refractivity contribution in [3.8, 4) is 0 Å². The fourth-order valence-corrected chi connectivity index (χ4v) is 3.00. The first-order valence-electron chi connectivity index (χ1n) is 7.40. The van der Waals surface area contributed by atoms with Gasteiger partial charge in [0.15, 0.2) is 0 Å². The first-order valence-corrected chi connectivity index (χ1v) is 7.40. The molecule has 1 N–H and O–H groups in total. The molecule has 3 unspecified atom stereocenters. The van der Waals surface area contributed by atoms with Gasteiger partial charge in [-0.1, -0.05) is 33.6 Å². The van der Waals surface area contributed by atoms with Gasteiger partial charge in [-0.25, -0.2) is 0 Å². The minimum Gasteiger partial charge on any atom is -0.314 e. The monoisotopic (exact) mass is 223 g/mol. The van der Waals surface area contributed by atoms with E-state index in [4.69, 9.17) is 0 Å². The van der Waals surface area contributed by atoms with E-state index in [1.165, 1.54) is 45.1 Å². The van der Waals surface area contributed by atoms with E-state index in [9.17, 15) is 0 Å². The van der Waals surface area contributed by atoms with Crippen LogP contribution in [0, 0.1) is 23.7 Å². The van der Waals surface area contributed by atoms with Crippen molar-refractivity contribution in [1.29, 1.82) is 0 Å². The zero-order chi connectivity index (χ0) is 11.5. The number of nitrogens with one attached hydrogen (secondary N) is 1. The summed E-state index contributed by atoms with van der Waals surface area (Å²) in [4.78, 5) is 0. The summed E-state index contributed by atoms with van der Waals surface area (Å²) in [6.45, 7) is 8.26. The van der Waals surface area contributed by atoms with Crippen LogP contribution in [-0.2, 0) is 0 Å². The first kappa shape index (κ1) is 12.4. The van der Waals surface area contributed by atoms with Crippen molar-refractivity contribution in [3.63, 3.8) is 0 Å². The molecular weight excluding hydrogens is 194 g/mol. The fraction of sp³-hybridized carbons (Fsp3) is 1.00. The maximum atomic E-state index is 3.82. The van der Waals surface area contributed by atoms with E-state index in [2.05, 4.69) is 26.1 Å². The normalized spacial score (nSPS) is 33.0. The predicted octanol–water partition coefficient (Wildman–Crippen LogP) is 3.84. The lowest BCUT2D eigenvalue weighted by Gasteiger charge is -2.31. The summed E-state index contributed by atoms with van der Waals surface area (Å²) in [5.41, 5.74) is 0. The van der Waals surface area contributed by atoms with Crippen molar-refractivity contribution in [2.24, 2.45) is 23.7 Å². The highest BCUT2D eigenvalue weighted by atomic mass is 14.9. The molecule has 2 aliphatic rings. The van der Waals surface area contributed by atoms with E-state index in [1.807, 2.05) is 0 Å². The Hall–Kier alpha value is -0.0400. The van der Waals surface area contributed by atoms with E-state index in [0.717, 1.165) is 29.7 Å². The molecule has 0 aromatic rings. The van der Waals surface area contributed by atoms with Gasteiger partial charge in [-0.2, -0.15) is 0 Å². The van der Waals surface area contributed by atoms with Crippen LogP contribution in [0.15, 0.2) is 0 Å². The molecule has 2 aliphatic carbocycles. The summed E-state index contributed by atoms with van der Waals surface area (Å²) in [6, 6.07) is 0.834. The van der Waals surface area contributed by atoms with Crippen molar-refractivity contribution >= 4 is 0 Å². The minimum atomic E-state index is 0.815. The lowest BCUT2D eigenvalue weighted by atomic mass is 9.82. The molecule has 2 rings (SSSR count). The lowest BCUT2D eigenvalue weighted by molar-refractivity contribution is 0.247. The second-order valence-corrected chi connectivity index (χ2v) is 6.59. The van der Waals surface area contributed by atoms with Gasteiger partial charge < -0.3 is 5.32 Å². The molecule has 3 atom stereocenters. The maximum absolute atomic E-state index is 3.82. The Morgan fingerprint density at radius 3 is 2.38 bits per heavy atom. The third kappa shape index (κ3) is 3.48. The zero-order valence-electron chi connectivity index (χ0n) is 11.3. The summed E-state index contributed by atoms with van der Waals surface area (Å²) in [7, 11) is 0. The minimum absolute atomic E-state index is 0.815. The Balaban J connectivity index is 1.68. The Morgan fingerprint density at radius 1 is 1.00 bits per heavy atom. The van der Waals surface area contributed by atoms with Crippen LogP contribution in [0.25, 0.3) is 0 Å². The van der Waals surface area contributed by atoms with Crippen LogP contribution in [-0.4, -0.2) is 12.6 Å². The number of hydrogen-bond donors (Lipinski definition) is 1. The van der Waals surface area contributed by atoms with Crippen molar-refractivity contribution in [2.45, 2.75) is 65.3 Å². The van der Waals surface area contributed by atoms with Crippen LogP contribution in [0.4, 0.5) is 0 Å².